The maximum atomic E-state index is 6.02. The van der Waals surface area contributed by atoms with Crippen LogP contribution in [0, 0.1) is 11.8 Å². The summed E-state index contributed by atoms with van der Waals surface area (Å²) in [5.41, 5.74) is 0. The van der Waals surface area contributed by atoms with E-state index < -0.39 is 0 Å². The van der Waals surface area contributed by atoms with Crippen LogP contribution in [0.4, 0.5) is 0 Å². The fraction of sp³-hybridized carbons (Fsp3) is 0.692. The quantitative estimate of drug-likeness (QED) is 0.820. The highest BCUT2D eigenvalue weighted by Gasteiger charge is 2.23. The summed E-state index contributed by atoms with van der Waals surface area (Å²) < 4.78 is 0. The van der Waals surface area contributed by atoms with Crippen LogP contribution in [0.5, 0.6) is 0 Å². The van der Waals surface area contributed by atoms with E-state index in [9.17, 15) is 0 Å². The van der Waals surface area contributed by atoms with E-state index >= 15 is 0 Å². The molecule has 0 bridgehead atoms. The number of hydrogen-bond acceptors (Lipinski definition) is 3. The van der Waals surface area contributed by atoms with Gasteiger partial charge in [-0.15, -0.1) is 11.6 Å². The Kier molecular flexibility index (Phi) is 5.20. The molecule has 0 radical (unpaired) electrons. The largest absolute Gasteiger partial charge is 0.310 e. The zero-order valence-electron chi connectivity index (χ0n) is 10.1. The Morgan fingerprint density at radius 3 is 2.59 bits per heavy atom. The van der Waals surface area contributed by atoms with Gasteiger partial charge < -0.3 is 5.32 Å². The number of rotatable bonds is 5. The predicted molar refractivity (Wildman–Crippen MR) is 69.9 cm³/mol. The summed E-state index contributed by atoms with van der Waals surface area (Å²) in [6.45, 7) is 1.79. The predicted octanol–water partition coefficient (Wildman–Crippen LogP) is 2.61. The number of halogens is 1. The van der Waals surface area contributed by atoms with Crippen molar-refractivity contribution in [1.29, 1.82) is 0 Å². The summed E-state index contributed by atoms with van der Waals surface area (Å²) in [5.74, 6) is 3.08. The summed E-state index contributed by atoms with van der Waals surface area (Å²) in [5, 5.41) is 3.45. The average Bonchev–Trinajstić information content (AvgIpc) is 2.40. The van der Waals surface area contributed by atoms with Crippen molar-refractivity contribution in [3.8, 4) is 0 Å². The van der Waals surface area contributed by atoms with Gasteiger partial charge in [0.05, 0.1) is 6.54 Å². The monoisotopic (exact) mass is 253 g/mol. The summed E-state index contributed by atoms with van der Waals surface area (Å²) in [6.07, 6.45) is 8.85. The van der Waals surface area contributed by atoms with E-state index in [0.717, 1.165) is 30.7 Å². The molecule has 1 N–H and O–H groups in total. The van der Waals surface area contributed by atoms with E-state index in [1.54, 1.807) is 12.4 Å². The van der Waals surface area contributed by atoms with Crippen molar-refractivity contribution in [3.63, 3.8) is 0 Å². The molecule has 3 nitrogen and oxygen atoms in total. The summed E-state index contributed by atoms with van der Waals surface area (Å²) in [6, 6.07) is 1.84. The summed E-state index contributed by atoms with van der Waals surface area (Å²) >= 11 is 6.02. The molecule has 0 spiro atoms. The number of alkyl halides is 1. The summed E-state index contributed by atoms with van der Waals surface area (Å²) in [4.78, 5) is 8.40. The SMILES string of the molecule is ClCC1CCCCC1CNCc1ncccn1. The standard InChI is InChI=1S/C13H20ClN3/c14-8-11-4-1-2-5-12(11)9-15-10-13-16-6-3-7-17-13/h3,6-7,11-12,15H,1-2,4-5,8-10H2. The molecule has 2 rings (SSSR count). The van der Waals surface area contributed by atoms with E-state index in [-0.39, 0.29) is 0 Å². The molecule has 2 atom stereocenters. The van der Waals surface area contributed by atoms with Crippen molar-refractivity contribution in [2.75, 3.05) is 12.4 Å². The molecule has 1 aromatic rings. The van der Waals surface area contributed by atoms with Gasteiger partial charge in [-0.25, -0.2) is 9.97 Å². The molecule has 1 aliphatic rings. The first-order valence-corrected chi connectivity index (χ1v) is 6.96. The molecule has 1 aliphatic carbocycles. The minimum Gasteiger partial charge on any atom is -0.310 e. The Morgan fingerprint density at radius 2 is 1.88 bits per heavy atom. The average molecular weight is 254 g/mol. The third-order valence-corrected chi connectivity index (χ3v) is 3.97. The molecule has 1 heterocycles. The van der Waals surface area contributed by atoms with Gasteiger partial charge in [0.1, 0.15) is 5.82 Å². The van der Waals surface area contributed by atoms with E-state index in [4.69, 9.17) is 11.6 Å². The highest BCUT2D eigenvalue weighted by molar-refractivity contribution is 6.18. The highest BCUT2D eigenvalue weighted by Crippen LogP contribution is 2.30. The van der Waals surface area contributed by atoms with Crippen LogP contribution in [-0.4, -0.2) is 22.4 Å². The second-order valence-corrected chi connectivity index (χ2v) is 5.06. The van der Waals surface area contributed by atoms with Crippen LogP contribution in [0.25, 0.3) is 0 Å². The van der Waals surface area contributed by atoms with Crippen molar-refractivity contribution in [1.82, 2.24) is 15.3 Å². The van der Waals surface area contributed by atoms with E-state index in [2.05, 4.69) is 15.3 Å². The molecule has 0 amide bonds. The zero-order chi connectivity index (χ0) is 11.9. The van der Waals surface area contributed by atoms with E-state index in [1.807, 2.05) is 6.07 Å². The second-order valence-electron chi connectivity index (χ2n) is 4.75. The molecular weight excluding hydrogens is 234 g/mol. The van der Waals surface area contributed by atoms with Gasteiger partial charge in [-0.05, 0) is 37.3 Å². The lowest BCUT2D eigenvalue weighted by Crippen LogP contribution is -2.31. The van der Waals surface area contributed by atoms with Gasteiger partial charge in [0, 0.05) is 18.3 Å². The van der Waals surface area contributed by atoms with Crippen molar-refractivity contribution in [3.05, 3.63) is 24.3 Å². The van der Waals surface area contributed by atoms with Crippen LogP contribution in [0.1, 0.15) is 31.5 Å². The van der Waals surface area contributed by atoms with E-state index in [1.165, 1.54) is 25.7 Å². The van der Waals surface area contributed by atoms with Crippen molar-refractivity contribution >= 4 is 11.6 Å². The van der Waals surface area contributed by atoms with Gasteiger partial charge in [-0.1, -0.05) is 12.8 Å². The van der Waals surface area contributed by atoms with Gasteiger partial charge in [0.2, 0.25) is 0 Å². The van der Waals surface area contributed by atoms with Gasteiger partial charge in [-0.3, -0.25) is 0 Å². The molecule has 1 saturated carbocycles. The third kappa shape index (κ3) is 3.93. The van der Waals surface area contributed by atoms with Crippen LogP contribution >= 0.6 is 11.6 Å². The minimum atomic E-state index is 0.689. The van der Waals surface area contributed by atoms with Crippen molar-refractivity contribution in [2.45, 2.75) is 32.2 Å². The molecular formula is C13H20ClN3. The molecule has 0 aromatic carbocycles. The van der Waals surface area contributed by atoms with Crippen molar-refractivity contribution in [2.24, 2.45) is 11.8 Å². The first-order valence-electron chi connectivity index (χ1n) is 6.42. The Morgan fingerprint density at radius 1 is 1.18 bits per heavy atom. The summed E-state index contributed by atoms with van der Waals surface area (Å²) in [7, 11) is 0. The lowest BCUT2D eigenvalue weighted by Gasteiger charge is -2.30. The molecule has 0 aliphatic heterocycles. The minimum absolute atomic E-state index is 0.689. The van der Waals surface area contributed by atoms with Crippen molar-refractivity contribution < 1.29 is 0 Å². The number of hydrogen-bond donors (Lipinski definition) is 1. The Bertz CT molecular complexity index is 318. The van der Waals surface area contributed by atoms with Crippen LogP contribution in [0.15, 0.2) is 18.5 Å². The van der Waals surface area contributed by atoms with E-state index in [0.29, 0.717) is 5.92 Å². The molecule has 1 aromatic heterocycles. The molecule has 4 heteroatoms. The first-order chi connectivity index (χ1) is 8.40. The fourth-order valence-corrected chi connectivity index (χ4v) is 2.95. The lowest BCUT2D eigenvalue weighted by molar-refractivity contribution is 0.250. The smallest absolute Gasteiger partial charge is 0.141 e. The zero-order valence-corrected chi connectivity index (χ0v) is 10.9. The van der Waals surface area contributed by atoms with Crippen LogP contribution in [-0.2, 0) is 6.54 Å². The maximum Gasteiger partial charge on any atom is 0.141 e. The fourth-order valence-electron chi connectivity index (χ4n) is 2.55. The number of nitrogens with zero attached hydrogens (tertiary/aromatic N) is 2. The molecule has 2 unspecified atom stereocenters. The maximum absolute atomic E-state index is 6.02. The Labute approximate surface area is 108 Å². The molecule has 0 saturated heterocycles. The van der Waals surface area contributed by atoms with Gasteiger partial charge in [0.15, 0.2) is 0 Å². The Balaban J connectivity index is 1.74. The van der Waals surface area contributed by atoms with Gasteiger partial charge in [-0.2, -0.15) is 0 Å². The van der Waals surface area contributed by atoms with Crippen LogP contribution in [0.3, 0.4) is 0 Å². The second kappa shape index (κ2) is 6.92. The molecule has 1 fully saturated rings. The van der Waals surface area contributed by atoms with Gasteiger partial charge in [0.25, 0.3) is 0 Å². The first kappa shape index (κ1) is 12.8. The van der Waals surface area contributed by atoms with Gasteiger partial charge >= 0.3 is 0 Å². The number of nitrogens with one attached hydrogen (secondary N) is 1. The highest BCUT2D eigenvalue weighted by atomic mass is 35.5. The third-order valence-electron chi connectivity index (χ3n) is 3.57. The van der Waals surface area contributed by atoms with Crippen LogP contribution < -0.4 is 5.32 Å². The molecule has 17 heavy (non-hydrogen) atoms. The number of aromatic nitrogens is 2. The Hall–Kier alpha value is -0.670. The lowest BCUT2D eigenvalue weighted by atomic mass is 9.80. The topological polar surface area (TPSA) is 37.8 Å². The normalized spacial score (nSPS) is 24.8. The van der Waals surface area contributed by atoms with Crippen LogP contribution in [0.2, 0.25) is 0 Å². The molecule has 94 valence electrons.